The van der Waals surface area contributed by atoms with Gasteiger partial charge in [-0.05, 0) is 25.0 Å². The number of benzene rings is 1. The number of hydrogen-bond donors (Lipinski definition) is 2. The minimum atomic E-state index is -0.259. The van der Waals surface area contributed by atoms with Crippen LogP contribution in [-0.4, -0.2) is 19.2 Å². The van der Waals surface area contributed by atoms with Crippen molar-refractivity contribution in [3.05, 3.63) is 24.0 Å². The van der Waals surface area contributed by atoms with E-state index in [1.165, 1.54) is 6.07 Å². The molecule has 0 amide bonds. The monoisotopic (exact) mass is 238 g/mol. The van der Waals surface area contributed by atoms with Crippen molar-refractivity contribution in [3.63, 3.8) is 0 Å². The van der Waals surface area contributed by atoms with Crippen LogP contribution in [0.3, 0.4) is 0 Å². The van der Waals surface area contributed by atoms with Crippen LogP contribution in [0.4, 0.5) is 10.1 Å². The molecule has 1 aromatic rings. The van der Waals surface area contributed by atoms with Gasteiger partial charge in [-0.15, -0.1) is 0 Å². The molecular formula is C13H19FN2O. The first-order valence-corrected chi connectivity index (χ1v) is 6.01. The largest absolute Gasteiger partial charge is 0.497 e. The highest BCUT2D eigenvalue weighted by atomic mass is 19.1. The van der Waals surface area contributed by atoms with Crippen LogP contribution >= 0.6 is 0 Å². The van der Waals surface area contributed by atoms with Crippen LogP contribution in [0.5, 0.6) is 5.75 Å². The predicted octanol–water partition coefficient (Wildman–Crippen LogP) is 2.52. The Morgan fingerprint density at radius 2 is 2.12 bits per heavy atom. The Morgan fingerprint density at radius 1 is 1.41 bits per heavy atom. The van der Waals surface area contributed by atoms with E-state index in [0.717, 1.165) is 25.7 Å². The molecule has 1 aliphatic rings. The molecule has 0 aliphatic heterocycles. The molecular weight excluding hydrogens is 219 g/mol. The average molecular weight is 238 g/mol. The third kappa shape index (κ3) is 2.52. The van der Waals surface area contributed by atoms with Gasteiger partial charge in [0.15, 0.2) is 0 Å². The molecule has 4 heteroatoms. The number of ether oxygens (including phenoxy) is 1. The molecule has 0 saturated heterocycles. The minimum absolute atomic E-state index is 0.146. The van der Waals surface area contributed by atoms with E-state index >= 15 is 0 Å². The zero-order valence-corrected chi connectivity index (χ0v) is 10.1. The summed E-state index contributed by atoms with van der Waals surface area (Å²) in [5.41, 5.74) is 6.16. The number of anilines is 1. The number of halogens is 1. The van der Waals surface area contributed by atoms with Gasteiger partial charge in [-0.3, -0.25) is 0 Å². The number of nitrogens with two attached hydrogens (primary N) is 1. The molecule has 94 valence electrons. The van der Waals surface area contributed by atoms with E-state index in [-0.39, 0.29) is 11.4 Å². The highest BCUT2D eigenvalue weighted by Gasteiger charge is 2.32. The summed E-state index contributed by atoms with van der Waals surface area (Å²) in [7, 11) is 1.57. The summed E-state index contributed by atoms with van der Waals surface area (Å²) in [5, 5.41) is 3.27. The normalized spacial score (nSPS) is 18.1. The molecule has 3 N–H and O–H groups in total. The molecule has 0 bridgehead atoms. The van der Waals surface area contributed by atoms with Gasteiger partial charge in [0.1, 0.15) is 11.6 Å². The highest BCUT2D eigenvalue weighted by molar-refractivity contribution is 5.51. The maximum absolute atomic E-state index is 13.7. The van der Waals surface area contributed by atoms with Crippen LogP contribution in [0.2, 0.25) is 0 Å². The van der Waals surface area contributed by atoms with Crippen LogP contribution in [0.1, 0.15) is 25.7 Å². The maximum Gasteiger partial charge on any atom is 0.146 e. The predicted molar refractivity (Wildman–Crippen MR) is 66.8 cm³/mol. The van der Waals surface area contributed by atoms with Gasteiger partial charge in [-0.1, -0.05) is 12.8 Å². The first-order chi connectivity index (χ1) is 8.19. The van der Waals surface area contributed by atoms with Gasteiger partial charge in [-0.2, -0.15) is 0 Å². The van der Waals surface area contributed by atoms with Crippen molar-refractivity contribution in [1.29, 1.82) is 0 Å². The zero-order valence-electron chi connectivity index (χ0n) is 10.1. The molecule has 0 unspecified atom stereocenters. The van der Waals surface area contributed by atoms with Gasteiger partial charge in [0.2, 0.25) is 0 Å². The van der Waals surface area contributed by atoms with Crippen LogP contribution in [-0.2, 0) is 0 Å². The zero-order chi connectivity index (χ0) is 12.3. The van der Waals surface area contributed by atoms with Crippen molar-refractivity contribution in [1.82, 2.24) is 0 Å². The lowest BCUT2D eigenvalue weighted by atomic mass is 9.97. The van der Waals surface area contributed by atoms with Gasteiger partial charge < -0.3 is 15.8 Å². The second-order valence-electron chi connectivity index (χ2n) is 4.66. The Balaban J connectivity index is 2.22. The van der Waals surface area contributed by atoms with Crippen LogP contribution < -0.4 is 15.8 Å². The fraction of sp³-hybridized carbons (Fsp3) is 0.538. The van der Waals surface area contributed by atoms with Gasteiger partial charge in [0.05, 0.1) is 12.8 Å². The van der Waals surface area contributed by atoms with Crippen LogP contribution in [0, 0.1) is 5.82 Å². The Kier molecular flexibility index (Phi) is 3.52. The fourth-order valence-corrected chi connectivity index (χ4v) is 2.44. The van der Waals surface area contributed by atoms with Crippen molar-refractivity contribution < 1.29 is 9.13 Å². The molecule has 0 atom stereocenters. The lowest BCUT2D eigenvalue weighted by Crippen LogP contribution is -2.43. The smallest absolute Gasteiger partial charge is 0.146 e. The summed E-state index contributed by atoms with van der Waals surface area (Å²) in [6, 6.07) is 4.72. The summed E-state index contributed by atoms with van der Waals surface area (Å²) in [4.78, 5) is 0. The minimum Gasteiger partial charge on any atom is -0.497 e. The molecule has 0 radical (unpaired) electrons. The third-order valence-electron chi connectivity index (χ3n) is 3.52. The second kappa shape index (κ2) is 4.92. The SMILES string of the molecule is COc1ccc(F)c(NC2(CN)CCCC2)c1. The third-order valence-corrected chi connectivity index (χ3v) is 3.52. The van der Waals surface area contributed by atoms with Crippen LogP contribution in [0.15, 0.2) is 18.2 Å². The number of rotatable bonds is 4. The number of methoxy groups -OCH3 is 1. The molecule has 17 heavy (non-hydrogen) atoms. The summed E-state index contributed by atoms with van der Waals surface area (Å²) in [6.07, 6.45) is 4.30. The first-order valence-electron chi connectivity index (χ1n) is 6.01. The summed E-state index contributed by atoms with van der Waals surface area (Å²) >= 11 is 0. The Labute approximate surface area is 101 Å². The van der Waals surface area contributed by atoms with Gasteiger partial charge in [0, 0.05) is 18.2 Å². The van der Waals surface area contributed by atoms with Gasteiger partial charge in [-0.25, -0.2) is 4.39 Å². The molecule has 1 saturated carbocycles. The summed E-state index contributed by atoms with van der Waals surface area (Å²) in [6.45, 7) is 0.531. The molecule has 1 aromatic carbocycles. The van der Waals surface area contributed by atoms with E-state index in [1.807, 2.05) is 0 Å². The van der Waals surface area contributed by atoms with Gasteiger partial charge >= 0.3 is 0 Å². The number of nitrogens with one attached hydrogen (secondary N) is 1. The van der Waals surface area contributed by atoms with E-state index in [1.54, 1.807) is 19.2 Å². The Bertz CT molecular complexity index is 389. The van der Waals surface area contributed by atoms with E-state index in [0.29, 0.717) is 18.0 Å². The Morgan fingerprint density at radius 3 is 2.71 bits per heavy atom. The molecule has 0 spiro atoms. The molecule has 2 rings (SSSR count). The van der Waals surface area contributed by atoms with Gasteiger partial charge in [0.25, 0.3) is 0 Å². The fourth-order valence-electron chi connectivity index (χ4n) is 2.44. The van der Waals surface area contributed by atoms with Crippen molar-refractivity contribution in [2.24, 2.45) is 5.73 Å². The molecule has 1 fully saturated rings. The van der Waals surface area contributed by atoms with Crippen molar-refractivity contribution in [3.8, 4) is 5.75 Å². The molecule has 1 aliphatic carbocycles. The molecule has 0 heterocycles. The standard InChI is InChI=1S/C13H19FN2O/c1-17-10-4-5-11(14)12(8-10)16-13(9-15)6-2-3-7-13/h4-5,8,16H,2-3,6-7,9,15H2,1H3. The maximum atomic E-state index is 13.7. The lowest BCUT2D eigenvalue weighted by Gasteiger charge is -2.30. The second-order valence-corrected chi connectivity index (χ2v) is 4.66. The molecule has 0 aromatic heterocycles. The number of hydrogen-bond acceptors (Lipinski definition) is 3. The first kappa shape index (κ1) is 12.2. The summed E-state index contributed by atoms with van der Waals surface area (Å²) < 4.78 is 18.8. The topological polar surface area (TPSA) is 47.3 Å². The lowest BCUT2D eigenvalue weighted by molar-refractivity contribution is 0.413. The highest BCUT2D eigenvalue weighted by Crippen LogP contribution is 2.34. The van der Waals surface area contributed by atoms with Crippen molar-refractivity contribution in [2.75, 3.05) is 19.0 Å². The van der Waals surface area contributed by atoms with Crippen molar-refractivity contribution >= 4 is 5.69 Å². The van der Waals surface area contributed by atoms with E-state index in [9.17, 15) is 4.39 Å². The summed E-state index contributed by atoms with van der Waals surface area (Å²) in [5.74, 6) is 0.393. The van der Waals surface area contributed by atoms with E-state index in [2.05, 4.69) is 5.32 Å². The Hall–Kier alpha value is -1.29. The van der Waals surface area contributed by atoms with Crippen LogP contribution in [0.25, 0.3) is 0 Å². The van der Waals surface area contributed by atoms with E-state index in [4.69, 9.17) is 10.5 Å². The molecule has 3 nitrogen and oxygen atoms in total. The quantitative estimate of drug-likeness (QED) is 0.847. The van der Waals surface area contributed by atoms with E-state index < -0.39 is 0 Å². The van der Waals surface area contributed by atoms with Crippen molar-refractivity contribution in [2.45, 2.75) is 31.2 Å². The average Bonchev–Trinajstić information content (AvgIpc) is 2.81.